The van der Waals surface area contributed by atoms with Crippen molar-refractivity contribution < 1.29 is 4.39 Å². The van der Waals surface area contributed by atoms with E-state index in [-0.39, 0.29) is 5.56 Å². The van der Waals surface area contributed by atoms with Gasteiger partial charge in [-0.05, 0) is 37.3 Å². The van der Waals surface area contributed by atoms with Crippen LogP contribution in [0.4, 0.5) is 10.1 Å². The van der Waals surface area contributed by atoms with Crippen LogP contribution in [0.15, 0.2) is 78.0 Å². The van der Waals surface area contributed by atoms with Crippen molar-refractivity contribution in [3.8, 4) is 17.9 Å². The summed E-state index contributed by atoms with van der Waals surface area (Å²) in [5.74, 6) is 5.40. The minimum absolute atomic E-state index is 0.260. The topological polar surface area (TPSA) is 27.0 Å². The molecule has 0 amide bonds. The Bertz CT molecular complexity index is 858. The molecule has 0 heterocycles. The van der Waals surface area contributed by atoms with Crippen LogP contribution in [0.25, 0.3) is 0 Å². The second-order valence-electron chi connectivity index (χ2n) is 5.06. The van der Waals surface area contributed by atoms with Gasteiger partial charge in [0.25, 0.3) is 0 Å². The van der Waals surface area contributed by atoms with Gasteiger partial charge in [0.2, 0.25) is 0 Å². The number of hydrogen-bond donors (Lipinski definition) is 0. The summed E-state index contributed by atoms with van der Waals surface area (Å²) in [5.41, 5.74) is 2.10. The number of halogens is 2. The predicted octanol–water partition coefficient (Wildman–Crippen LogP) is 5.46. The van der Waals surface area contributed by atoms with Crippen LogP contribution in [0.3, 0.4) is 0 Å². The number of nitrogens with zero attached hydrogens (tertiary/aromatic N) is 2. The maximum absolute atomic E-state index is 13.5. The Kier molecular flexibility index (Phi) is 8.00. The average molecular weight is 353 g/mol. The Labute approximate surface area is 153 Å². The zero-order chi connectivity index (χ0) is 18.8. The molecule has 0 spiro atoms. The van der Waals surface area contributed by atoms with Gasteiger partial charge in [-0.1, -0.05) is 48.8 Å². The molecule has 0 aliphatic carbocycles. The number of benzene rings is 1. The fraction of sp³-hybridized carbons (Fsp3) is 0.0952. The van der Waals surface area contributed by atoms with Crippen LogP contribution in [-0.2, 0) is 0 Å². The summed E-state index contributed by atoms with van der Waals surface area (Å²) < 4.78 is 13.5. The van der Waals surface area contributed by atoms with E-state index in [2.05, 4.69) is 25.0 Å². The smallest absolute Gasteiger partial charge is 0.126 e. The van der Waals surface area contributed by atoms with E-state index in [1.54, 1.807) is 36.4 Å². The predicted molar refractivity (Wildman–Crippen MR) is 103 cm³/mol. The third kappa shape index (κ3) is 7.40. The summed E-state index contributed by atoms with van der Waals surface area (Å²) >= 11 is 5.76. The molecule has 0 bridgehead atoms. The fourth-order valence-electron chi connectivity index (χ4n) is 1.80. The molecule has 126 valence electrons. The molecule has 0 radical (unpaired) electrons. The van der Waals surface area contributed by atoms with Gasteiger partial charge in [-0.3, -0.25) is 0 Å². The molecular formula is C21H18ClFN2. The van der Waals surface area contributed by atoms with Crippen LogP contribution in [0.2, 0.25) is 0 Å². The van der Waals surface area contributed by atoms with Crippen molar-refractivity contribution in [3.05, 3.63) is 89.4 Å². The zero-order valence-electron chi connectivity index (χ0n) is 14.2. The molecule has 25 heavy (non-hydrogen) atoms. The number of anilines is 1. The van der Waals surface area contributed by atoms with Crippen molar-refractivity contribution in [2.24, 2.45) is 0 Å². The quantitative estimate of drug-likeness (QED) is 0.519. The third-order valence-corrected chi connectivity index (χ3v) is 3.05. The van der Waals surface area contributed by atoms with Gasteiger partial charge in [0.1, 0.15) is 5.82 Å². The van der Waals surface area contributed by atoms with E-state index >= 15 is 0 Å². The molecule has 1 aromatic carbocycles. The summed E-state index contributed by atoms with van der Waals surface area (Å²) in [6.07, 6.45) is 8.73. The lowest BCUT2D eigenvalue weighted by Crippen LogP contribution is -2.08. The highest BCUT2D eigenvalue weighted by atomic mass is 35.5. The first-order chi connectivity index (χ1) is 11.8. The normalized spacial score (nSPS) is 11.1. The van der Waals surface area contributed by atoms with Gasteiger partial charge in [0.05, 0.1) is 11.6 Å². The number of hydrogen-bond acceptors (Lipinski definition) is 2. The van der Waals surface area contributed by atoms with Crippen LogP contribution in [-0.4, -0.2) is 7.05 Å². The molecular weight excluding hydrogens is 335 g/mol. The lowest BCUT2D eigenvalue weighted by atomic mass is 10.2. The molecule has 0 saturated carbocycles. The Morgan fingerprint density at radius 1 is 1.24 bits per heavy atom. The highest BCUT2D eigenvalue weighted by Gasteiger charge is 2.03. The van der Waals surface area contributed by atoms with E-state index in [1.807, 2.05) is 25.1 Å². The maximum atomic E-state index is 13.5. The summed E-state index contributed by atoms with van der Waals surface area (Å²) in [7, 11) is 1.75. The molecule has 0 atom stereocenters. The fourth-order valence-corrected chi connectivity index (χ4v) is 1.92. The van der Waals surface area contributed by atoms with Gasteiger partial charge in [0.15, 0.2) is 0 Å². The van der Waals surface area contributed by atoms with Crippen LogP contribution in [0, 0.1) is 29.0 Å². The van der Waals surface area contributed by atoms with Crippen molar-refractivity contribution in [2.75, 3.05) is 11.9 Å². The first kappa shape index (κ1) is 20.0. The van der Waals surface area contributed by atoms with Crippen LogP contribution < -0.4 is 4.90 Å². The van der Waals surface area contributed by atoms with E-state index in [9.17, 15) is 4.39 Å². The first-order valence-corrected chi connectivity index (χ1v) is 7.75. The second-order valence-corrected chi connectivity index (χ2v) is 5.54. The molecule has 1 rings (SSSR count). The van der Waals surface area contributed by atoms with Gasteiger partial charge in [0, 0.05) is 35.1 Å². The third-order valence-electron chi connectivity index (χ3n) is 2.94. The largest absolute Gasteiger partial charge is 0.351 e. The lowest BCUT2D eigenvalue weighted by Gasteiger charge is -2.14. The summed E-state index contributed by atoms with van der Waals surface area (Å²) in [6, 6.07) is 6.06. The molecule has 1 aromatic rings. The molecule has 0 N–H and O–H groups in total. The van der Waals surface area contributed by atoms with Crippen molar-refractivity contribution in [3.63, 3.8) is 0 Å². The Morgan fingerprint density at radius 2 is 1.96 bits per heavy atom. The van der Waals surface area contributed by atoms with Gasteiger partial charge >= 0.3 is 0 Å². The van der Waals surface area contributed by atoms with Crippen LogP contribution in [0.5, 0.6) is 0 Å². The summed E-state index contributed by atoms with van der Waals surface area (Å²) in [6.45, 7) is 9.35. The highest BCUT2D eigenvalue weighted by molar-refractivity contribution is 6.30. The second kappa shape index (κ2) is 9.98. The molecule has 0 fully saturated rings. The minimum atomic E-state index is -0.463. The highest BCUT2D eigenvalue weighted by Crippen LogP contribution is 2.17. The Hall–Kier alpha value is -3.01. The minimum Gasteiger partial charge on any atom is -0.351 e. The summed E-state index contributed by atoms with van der Waals surface area (Å²) in [5, 5.41) is 9.29. The molecule has 2 nitrogen and oxygen atoms in total. The van der Waals surface area contributed by atoms with Crippen molar-refractivity contribution in [2.45, 2.75) is 6.92 Å². The van der Waals surface area contributed by atoms with E-state index in [1.165, 1.54) is 12.1 Å². The van der Waals surface area contributed by atoms with Gasteiger partial charge in [-0.15, -0.1) is 0 Å². The lowest BCUT2D eigenvalue weighted by molar-refractivity contribution is 0.627. The maximum Gasteiger partial charge on any atom is 0.126 e. The van der Waals surface area contributed by atoms with E-state index in [4.69, 9.17) is 16.9 Å². The molecule has 0 unspecified atom stereocenters. The average Bonchev–Trinajstić information content (AvgIpc) is 2.56. The zero-order valence-corrected chi connectivity index (χ0v) is 14.9. The Balaban J connectivity index is 2.90. The van der Waals surface area contributed by atoms with E-state index < -0.39 is 5.82 Å². The van der Waals surface area contributed by atoms with Gasteiger partial charge in [-0.25, -0.2) is 4.39 Å². The molecule has 0 aliphatic rings. The summed E-state index contributed by atoms with van der Waals surface area (Å²) in [4.78, 5) is 1.68. The molecule has 4 heteroatoms. The van der Waals surface area contributed by atoms with Gasteiger partial charge < -0.3 is 4.90 Å². The SMILES string of the molecule is C=C(C#CC(/C=C\C)=C/C(=C)Cl)/C=C\N(C)c1cc(F)cc(C#N)c1. The molecule has 0 aromatic heterocycles. The number of rotatable bonds is 5. The number of allylic oxidation sites excluding steroid dienone is 7. The van der Waals surface area contributed by atoms with Crippen molar-refractivity contribution in [1.82, 2.24) is 0 Å². The molecule has 0 aliphatic heterocycles. The van der Waals surface area contributed by atoms with Gasteiger partial charge in [-0.2, -0.15) is 5.26 Å². The Morgan fingerprint density at radius 3 is 2.56 bits per heavy atom. The first-order valence-electron chi connectivity index (χ1n) is 7.37. The van der Waals surface area contributed by atoms with Crippen molar-refractivity contribution in [1.29, 1.82) is 5.26 Å². The number of nitriles is 1. The monoisotopic (exact) mass is 352 g/mol. The van der Waals surface area contributed by atoms with E-state index in [0.29, 0.717) is 21.9 Å². The molecule has 0 saturated heterocycles. The standard InChI is InChI=1S/C21H18ClFN2/c1-5-6-18(11-17(3)22)8-7-16(2)9-10-25(4)21-13-19(15-24)12-20(23)14-21/h5-6,9-14H,2-3H2,1,4H3/b6-5-,10-9-,18-11+. The van der Waals surface area contributed by atoms with Crippen molar-refractivity contribution >= 4 is 17.3 Å². The van der Waals surface area contributed by atoms with E-state index in [0.717, 1.165) is 0 Å². The van der Waals surface area contributed by atoms with Crippen LogP contribution >= 0.6 is 11.6 Å². The van der Waals surface area contributed by atoms with Crippen LogP contribution in [0.1, 0.15) is 12.5 Å².